The van der Waals surface area contributed by atoms with Crippen LogP contribution >= 0.6 is 0 Å². The maximum Gasteiger partial charge on any atom is 0.354 e. The second kappa shape index (κ2) is 12.1. The number of rotatable bonds is 9. The SMILES string of the molecule is CC(C)C(=N)c1c(-c2ccc(N(C)C3CCOCC3)cc2)cc(C(=O)O)nc1Nc1cccc(N2CCCC2)c1. The van der Waals surface area contributed by atoms with Crippen molar-refractivity contribution in [3.05, 3.63) is 65.9 Å². The highest BCUT2D eigenvalue weighted by atomic mass is 16.5. The number of hydrogen-bond donors (Lipinski definition) is 3. The van der Waals surface area contributed by atoms with Gasteiger partial charge in [0.05, 0.1) is 0 Å². The zero-order chi connectivity index (χ0) is 28.2. The lowest BCUT2D eigenvalue weighted by Crippen LogP contribution is -2.36. The molecule has 2 saturated heterocycles. The minimum Gasteiger partial charge on any atom is -0.477 e. The Balaban J connectivity index is 1.55. The zero-order valence-corrected chi connectivity index (χ0v) is 23.6. The van der Waals surface area contributed by atoms with E-state index in [9.17, 15) is 9.90 Å². The van der Waals surface area contributed by atoms with Crippen LogP contribution in [0.25, 0.3) is 11.1 Å². The summed E-state index contributed by atoms with van der Waals surface area (Å²) in [7, 11) is 2.11. The first-order chi connectivity index (χ1) is 19.3. The Bertz CT molecular complexity index is 1360. The van der Waals surface area contributed by atoms with Crippen LogP contribution in [0.4, 0.5) is 22.9 Å². The molecule has 3 aromatic rings. The molecule has 3 N–H and O–H groups in total. The Hall–Kier alpha value is -3.91. The van der Waals surface area contributed by atoms with Gasteiger partial charge in [0.15, 0.2) is 5.69 Å². The van der Waals surface area contributed by atoms with Gasteiger partial charge in [-0.2, -0.15) is 0 Å². The van der Waals surface area contributed by atoms with E-state index in [1.165, 1.54) is 12.8 Å². The summed E-state index contributed by atoms with van der Waals surface area (Å²) in [6, 6.07) is 18.3. The molecule has 2 fully saturated rings. The highest BCUT2D eigenvalue weighted by Crippen LogP contribution is 2.35. The Morgan fingerprint density at radius 3 is 2.45 bits per heavy atom. The van der Waals surface area contributed by atoms with Gasteiger partial charge >= 0.3 is 5.97 Å². The zero-order valence-electron chi connectivity index (χ0n) is 23.6. The van der Waals surface area contributed by atoms with Crippen molar-refractivity contribution in [2.45, 2.75) is 45.6 Å². The second-order valence-corrected chi connectivity index (χ2v) is 11.0. The van der Waals surface area contributed by atoms with Crippen LogP contribution in [-0.2, 0) is 4.74 Å². The van der Waals surface area contributed by atoms with E-state index in [1.54, 1.807) is 6.07 Å². The van der Waals surface area contributed by atoms with Crippen molar-refractivity contribution in [3.8, 4) is 11.1 Å². The summed E-state index contributed by atoms with van der Waals surface area (Å²) in [6.45, 7) is 7.56. The van der Waals surface area contributed by atoms with Crippen LogP contribution in [0.1, 0.15) is 55.6 Å². The van der Waals surface area contributed by atoms with Gasteiger partial charge in [-0.15, -0.1) is 0 Å². The number of hydrogen-bond acceptors (Lipinski definition) is 7. The molecule has 210 valence electrons. The lowest BCUT2D eigenvalue weighted by molar-refractivity contribution is 0.0690. The van der Waals surface area contributed by atoms with Crippen molar-refractivity contribution in [1.29, 1.82) is 5.41 Å². The number of carboxylic acids is 1. The van der Waals surface area contributed by atoms with Crippen LogP contribution in [-0.4, -0.2) is 61.2 Å². The molecule has 5 rings (SSSR count). The molecule has 3 heterocycles. The number of carboxylic acid groups (broad SMARTS) is 1. The molecule has 0 aliphatic carbocycles. The van der Waals surface area contributed by atoms with Crippen molar-refractivity contribution in [2.75, 3.05) is 48.5 Å². The third kappa shape index (κ3) is 5.97. The summed E-state index contributed by atoms with van der Waals surface area (Å²) in [4.78, 5) is 21.3. The molecule has 2 aliphatic rings. The van der Waals surface area contributed by atoms with Crippen LogP contribution in [0.5, 0.6) is 0 Å². The molecule has 8 heteroatoms. The lowest BCUT2D eigenvalue weighted by Gasteiger charge is -2.33. The molecule has 0 saturated carbocycles. The number of pyridine rings is 1. The van der Waals surface area contributed by atoms with Gasteiger partial charge in [0, 0.05) is 67.7 Å². The molecule has 0 unspecified atom stereocenters. The summed E-state index contributed by atoms with van der Waals surface area (Å²) in [5, 5.41) is 22.4. The molecule has 0 atom stereocenters. The average Bonchev–Trinajstić information content (AvgIpc) is 3.52. The average molecular weight is 542 g/mol. The highest BCUT2D eigenvalue weighted by Gasteiger charge is 2.24. The summed E-state index contributed by atoms with van der Waals surface area (Å²) in [6.07, 6.45) is 4.35. The van der Waals surface area contributed by atoms with Crippen molar-refractivity contribution < 1.29 is 14.6 Å². The van der Waals surface area contributed by atoms with Crippen LogP contribution in [0, 0.1) is 11.3 Å². The van der Waals surface area contributed by atoms with Gasteiger partial charge in [0.2, 0.25) is 0 Å². The minimum atomic E-state index is -1.10. The first-order valence-electron chi connectivity index (χ1n) is 14.2. The number of anilines is 4. The van der Waals surface area contributed by atoms with Crippen LogP contribution in [0.15, 0.2) is 54.6 Å². The van der Waals surface area contributed by atoms with E-state index in [0.29, 0.717) is 28.7 Å². The molecule has 40 heavy (non-hydrogen) atoms. The van der Waals surface area contributed by atoms with Gasteiger partial charge < -0.3 is 30.4 Å². The standard InChI is InChI=1S/C32H39N5O3/c1-21(2)30(33)29-27(22-9-11-24(12-10-22)36(3)25-13-17-40-18-14-25)20-28(32(38)39)35-31(29)34-23-7-6-8-26(19-23)37-15-4-5-16-37/h6-12,19-21,25,33H,4-5,13-18H2,1-3H3,(H,34,35)(H,38,39). The molecule has 0 amide bonds. The summed E-state index contributed by atoms with van der Waals surface area (Å²) in [5.74, 6) is -0.796. The van der Waals surface area contributed by atoms with E-state index in [-0.39, 0.29) is 11.6 Å². The third-order valence-corrected chi connectivity index (χ3v) is 7.99. The second-order valence-electron chi connectivity index (χ2n) is 11.0. The summed E-state index contributed by atoms with van der Waals surface area (Å²) < 4.78 is 5.53. The first-order valence-corrected chi connectivity index (χ1v) is 14.2. The van der Waals surface area contributed by atoms with E-state index in [1.807, 2.05) is 38.1 Å². The maximum absolute atomic E-state index is 12.2. The Morgan fingerprint density at radius 1 is 1.10 bits per heavy atom. The fraction of sp³-hybridized carbons (Fsp3) is 0.406. The van der Waals surface area contributed by atoms with Crippen molar-refractivity contribution >= 4 is 34.6 Å². The first kappa shape index (κ1) is 27.6. The molecular weight excluding hydrogens is 502 g/mol. The van der Waals surface area contributed by atoms with Crippen LogP contribution < -0.4 is 15.1 Å². The fourth-order valence-electron chi connectivity index (χ4n) is 5.59. The van der Waals surface area contributed by atoms with Gasteiger partial charge in [0.25, 0.3) is 0 Å². The molecule has 8 nitrogen and oxygen atoms in total. The number of benzene rings is 2. The molecule has 2 aromatic carbocycles. The van der Waals surface area contributed by atoms with Crippen LogP contribution in [0.3, 0.4) is 0 Å². The topological polar surface area (TPSA) is 102 Å². The highest BCUT2D eigenvalue weighted by molar-refractivity contribution is 6.10. The quantitative estimate of drug-likeness (QED) is 0.268. The van der Waals surface area contributed by atoms with Gasteiger partial charge in [-0.3, -0.25) is 0 Å². The number of aromatic carboxylic acids is 1. The third-order valence-electron chi connectivity index (χ3n) is 7.99. The van der Waals surface area contributed by atoms with Gasteiger partial charge in [-0.1, -0.05) is 32.0 Å². The predicted molar refractivity (Wildman–Crippen MR) is 162 cm³/mol. The molecule has 2 aliphatic heterocycles. The van der Waals surface area contributed by atoms with E-state index >= 15 is 0 Å². The van der Waals surface area contributed by atoms with Gasteiger partial charge in [-0.05, 0) is 79.1 Å². The minimum absolute atomic E-state index is 0.0584. The largest absolute Gasteiger partial charge is 0.477 e. The van der Waals surface area contributed by atoms with E-state index in [2.05, 4.69) is 51.4 Å². The summed E-state index contributed by atoms with van der Waals surface area (Å²) >= 11 is 0. The molecule has 0 spiro atoms. The molecule has 1 aromatic heterocycles. The Morgan fingerprint density at radius 2 is 1.80 bits per heavy atom. The number of carbonyl (C=O) groups is 1. The molecule has 0 radical (unpaired) electrons. The number of nitrogens with one attached hydrogen (secondary N) is 2. The molecule has 0 bridgehead atoms. The normalized spacial score (nSPS) is 15.8. The van der Waals surface area contributed by atoms with E-state index in [4.69, 9.17) is 10.1 Å². The van der Waals surface area contributed by atoms with Crippen LogP contribution in [0.2, 0.25) is 0 Å². The van der Waals surface area contributed by atoms with Gasteiger partial charge in [-0.25, -0.2) is 9.78 Å². The predicted octanol–water partition coefficient (Wildman–Crippen LogP) is 6.43. The molecular formula is C32H39N5O3. The van der Waals surface area contributed by atoms with E-state index in [0.717, 1.165) is 61.8 Å². The summed E-state index contributed by atoms with van der Waals surface area (Å²) in [5.41, 5.74) is 5.54. The number of aromatic nitrogens is 1. The number of nitrogens with zero attached hydrogens (tertiary/aromatic N) is 3. The lowest BCUT2D eigenvalue weighted by atomic mass is 9.91. The maximum atomic E-state index is 12.2. The monoisotopic (exact) mass is 541 g/mol. The van der Waals surface area contributed by atoms with Crippen molar-refractivity contribution in [3.63, 3.8) is 0 Å². The van der Waals surface area contributed by atoms with Crippen molar-refractivity contribution in [2.24, 2.45) is 5.92 Å². The Labute approximate surface area is 236 Å². The smallest absolute Gasteiger partial charge is 0.354 e. The fourth-order valence-corrected chi connectivity index (χ4v) is 5.59. The Kier molecular flexibility index (Phi) is 8.35. The van der Waals surface area contributed by atoms with Gasteiger partial charge in [0.1, 0.15) is 5.82 Å². The van der Waals surface area contributed by atoms with E-state index < -0.39 is 5.97 Å². The number of ether oxygens (including phenoxy) is 1. The van der Waals surface area contributed by atoms with Crippen molar-refractivity contribution in [1.82, 2.24) is 4.98 Å².